The third-order valence-corrected chi connectivity index (χ3v) is 3.65. The van der Waals surface area contributed by atoms with E-state index >= 15 is 0 Å². The predicted molar refractivity (Wildman–Crippen MR) is 76.0 cm³/mol. The molecule has 2 heteroatoms. The van der Waals surface area contributed by atoms with Gasteiger partial charge in [-0.1, -0.05) is 30.7 Å². The first kappa shape index (κ1) is 15.2. The Morgan fingerprint density at radius 1 is 1.11 bits per heavy atom. The molecule has 0 amide bonds. The molecule has 102 valence electrons. The standard InChI is InChI=1S/C12H18O.C4H8O/c1-8-5-6-12(9(2)7-8)10(3)11(4)13;1-3-4(2)5-3/h5-7,10-11,13H,1-4H3;3-4H,1-2H3/t10-,11+;3-,4-/m10/s1. The highest BCUT2D eigenvalue weighted by Crippen LogP contribution is 2.23. The van der Waals surface area contributed by atoms with Crippen LogP contribution in [0.2, 0.25) is 0 Å². The molecule has 4 atom stereocenters. The van der Waals surface area contributed by atoms with Crippen LogP contribution in [0.3, 0.4) is 0 Å². The Morgan fingerprint density at radius 3 is 1.94 bits per heavy atom. The van der Waals surface area contributed by atoms with Crippen molar-refractivity contribution in [2.75, 3.05) is 0 Å². The van der Waals surface area contributed by atoms with E-state index < -0.39 is 0 Å². The van der Waals surface area contributed by atoms with Crippen LogP contribution < -0.4 is 0 Å². The molecule has 1 aromatic rings. The summed E-state index contributed by atoms with van der Waals surface area (Å²) in [5, 5.41) is 9.47. The molecular weight excluding hydrogens is 224 g/mol. The van der Waals surface area contributed by atoms with Crippen molar-refractivity contribution in [1.29, 1.82) is 0 Å². The second-order valence-electron chi connectivity index (χ2n) is 5.44. The maximum Gasteiger partial charge on any atom is 0.0811 e. The van der Waals surface area contributed by atoms with Crippen LogP contribution in [0.1, 0.15) is 50.3 Å². The van der Waals surface area contributed by atoms with E-state index in [9.17, 15) is 5.11 Å². The minimum atomic E-state index is -0.276. The van der Waals surface area contributed by atoms with Gasteiger partial charge in [0.15, 0.2) is 0 Å². The van der Waals surface area contributed by atoms with E-state index in [1.54, 1.807) is 0 Å². The molecule has 1 aliphatic heterocycles. The quantitative estimate of drug-likeness (QED) is 0.814. The minimum Gasteiger partial charge on any atom is -0.393 e. The molecule has 1 saturated heterocycles. The molecule has 1 aromatic carbocycles. The van der Waals surface area contributed by atoms with Gasteiger partial charge in [-0.15, -0.1) is 0 Å². The number of hydrogen-bond donors (Lipinski definition) is 1. The zero-order valence-electron chi connectivity index (χ0n) is 12.4. The van der Waals surface area contributed by atoms with Crippen LogP contribution in [0, 0.1) is 13.8 Å². The molecule has 0 aromatic heterocycles. The summed E-state index contributed by atoms with van der Waals surface area (Å²) in [6.45, 7) is 12.2. The van der Waals surface area contributed by atoms with Gasteiger partial charge in [0.2, 0.25) is 0 Å². The predicted octanol–water partition coefficient (Wildman–Crippen LogP) is 3.58. The van der Waals surface area contributed by atoms with E-state index in [2.05, 4.69) is 52.8 Å². The summed E-state index contributed by atoms with van der Waals surface area (Å²) < 4.78 is 4.92. The molecule has 0 unspecified atom stereocenters. The molecule has 0 radical (unpaired) electrons. The fraction of sp³-hybridized carbons (Fsp3) is 0.625. The van der Waals surface area contributed by atoms with Crippen molar-refractivity contribution in [2.45, 2.75) is 65.8 Å². The van der Waals surface area contributed by atoms with E-state index in [0.717, 1.165) is 0 Å². The van der Waals surface area contributed by atoms with E-state index in [4.69, 9.17) is 4.74 Å². The molecule has 1 aliphatic rings. The average molecular weight is 250 g/mol. The number of epoxide rings is 1. The van der Waals surface area contributed by atoms with Crippen LogP contribution in [0.25, 0.3) is 0 Å². The Hall–Kier alpha value is -0.860. The van der Waals surface area contributed by atoms with Gasteiger partial charge in [0.1, 0.15) is 0 Å². The van der Waals surface area contributed by atoms with Crippen LogP contribution in [-0.2, 0) is 4.74 Å². The average Bonchev–Trinajstić information content (AvgIpc) is 2.92. The lowest BCUT2D eigenvalue weighted by Gasteiger charge is -2.17. The topological polar surface area (TPSA) is 32.8 Å². The highest BCUT2D eigenvalue weighted by atomic mass is 16.6. The maximum absolute atomic E-state index is 9.47. The lowest BCUT2D eigenvalue weighted by molar-refractivity contribution is 0.168. The van der Waals surface area contributed by atoms with Crippen LogP contribution in [0.5, 0.6) is 0 Å². The number of aliphatic hydroxyl groups excluding tert-OH is 1. The molecule has 2 rings (SSSR count). The van der Waals surface area contributed by atoms with Crippen molar-refractivity contribution in [3.63, 3.8) is 0 Å². The normalized spacial score (nSPS) is 24.8. The highest BCUT2D eigenvalue weighted by molar-refractivity contribution is 5.33. The summed E-state index contributed by atoms with van der Waals surface area (Å²) >= 11 is 0. The second-order valence-corrected chi connectivity index (χ2v) is 5.44. The third kappa shape index (κ3) is 4.43. The third-order valence-electron chi connectivity index (χ3n) is 3.65. The number of aliphatic hydroxyl groups is 1. The van der Waals surface area contributed by atoms with Crippen molar-refractivity contribution in [2.24, 2.45) is 0 Å². The van der Waals surface area contributed by atoms with Gasteiger partial charge in [-0.05, 0) is 45.7 Å². The van der Waals surface area contributed by atoms with Gasteiger partial charge in [-0.3, -0.25) is 0 Å². The molecule has 0 bridgehead atoms. The van der Waals surface area contributed by atoms with Gasteiger partial charge in [0.05, 0.1) is 18.3 Å². The van der Waals surface area contributed by atoms with Crippen LogP contribution in [0.15, 0.2) is 18.2 Å². The summed E-state index contributed by atoms with van der Waals surface area (Å²) in [5.41, 5.74) is 3.80. The molecule has 1 fully saturated rings. The van der Waals surface area contributed by atoms with Crippen LogP contribution in [0.4, 0.5) is 0 Å². The molecule has 0 aliphatic carbocycles. The zero-order valence-corrected chi connectivity index (χ0v) is 12.4. The number of hydrogen-bond acceptors (Lipinski definition) is 2. The van der Waals surface area contributed by atoms with Gasteiger partial charge in [-0.25, -0.2) is 0 Å². The molecule has 1 heterocycles. The number of benzene rings is 1. The van der Waals surface area contributed by atoms with Crippen molar-refractivity contribution in [3.05, 3.63) is 34.9 Å². The Kier molecular flexibility index (Phi) is 5.36. The van der Waals surface area contributed by atoms with Crippen LogP contribution >= 0.6 is 0 Å². The Labute approximate surface area is 111 Å². The molecule has 0 spiro atoms. The fourth-order valence-corrected chi connectivity index (χ4v) is 1.89. The summed E-state index contributed by atoms with van der Waals surface area (Å²) in [4.78, 5) is 0. The molecular formula is C16H26O2. The van der Waals surface area contributed by atoms with Gasteiger partial charge < -0.3 is 9.84 Å². The fourth-order valence-electron chi connectivity index (χ4n) is 1.89. The van der Waals surface area contributed by atoms with Crippen molar-refractivity contribution >= 4 is 0 Å². The summed E-state index contributed by atoms with van der Waals surface area (Å²) in [7, 11) is 0. The van der Waals surface area contributed by atoms with E-state index in [-0.39, 0.29) is 12.0 Å². The van der Waals surface area contributed by atoms with Crippen molar-refractivity contribution in [3.8, 4) is 0 Å². The Bertz CT molecular complexity index is 379. The lowest BCUT2D eigenvalue weighted by atomic mass is 9.91. The first-order valence-corrected chi connectivity index (χ1v) is 6.73. The maximum atomic E-state index is 9.47. The van der Waals surface area contributed by atoms with Crippen molar-refractivity contribution < 1.29 is 9.84 Å². The molecule has 2 nitrogen and oxygen atoms in total. The van der Waals surface area contributed by atoms with E-state index in [1.807, 2.05) is 6.92 Å². The molecule has 0 saturated carbocycles. The van der Waals surface area contributed by atoms with Gasteiger partial charge >= 0.3 is 0 Å². The Balaban J connectivity index is 0.000000269. The minimum absolute atomic E-state index is 0.223. The molecule has 18 heavy (non-hydrogen) atoms. The lowest BCUT2D eigenvalue weighted by Crippen LogP contribution is -2.12. The van der Waals surface area contributed by atoms with Crippen molar-refractivity contribution in [1.82, 2.24) is 0 Å². The summed E-state index contributed by atoms with van der Waals surface area (Å²) in [6, 6.07) is 6.37. The summed E-state index contributed by atoms with van der Waals surface area (Å²) in [6.07, 6.45) is 0.825. The summed E-state index contributed by atoms with van der Waals surface area (Å²) in [5.74, 6) is 0.223. The zero-order chi connectivity index (χ0) is 13.9. The van der Waals surface area contributed by atoms with E-state index in [0.29, 0.717) is 12.2 Å². The first-order chi connectivity index (χ1) is 8.32. The number of ether oxygens (including phenoxy) is 1. The van der Waals surface area contributed by atoms with Gasteiger partial charge in [0.25, 0.3) is 0 Å². The first-order valence-electron chi connectivity index (χ1n) is 6.73. The second kappa shape index (κ2) is 6.35. The van der Waals surface area contributed by atoms with Gasteiger partial charge in [0, 0.05) is 5.92 Å². The smallest absolute Gasteiger partial charge is 0.0811 e. The SMILES string of the molecule is C[C@@H]1O[C@H]1C.Cc1ccc([C@H](C)[C@H](C)O)c(C)c1. The monoisotopic (exact) mass is 250 g/mol. The highest BCUT2D eigenvalue weighted by Gasteiger charge is 2.27. The Morgan fingerprint density at radius 2 is 1.61 bits per heavy atom. The van der Waals surface area contributed by atoms with Crippen LogP contribution in [-0.4, -0.2) is 23.4 Å². The largest absolute Gasteiger partial charge is 0.393 e. The number of aryl methyl sites for hydroxylation is 2. The number of rotatable bonds is 2. The molecule has 1 N–H and O–H groups in total. The van der Waals surface area contributed by atoms with E-state index in [1.165, 1.54) is 16.7 Å². The van der Waals surface area contributed by atoms with Gasteiger partial charge in [-0.2, -0.15) is 0 Å².